The molecule has 1 aliphatic rings. The van der Waals surface area contributed by atoms with Gasteiger partial charge in [-0.15, -0.1) is 0 Å². The second-order valence-corrected chi connectivity index (χ2v) is 7.99. The zero-order chi connectivity index (χ0) is 22.4. The Hall–Kier alpha value is -2.71. The predicted octanol–water partition coefficient (Wildman–Crippen LogP) is 3.55. The molecular formula is C23H29F2N3O3. The second kappa shape index (κ2) is 10.5. The fourth-order valence-electron chi connectivity index (χ4n) is 3.66. The summed E-state index contributed by atoms with van der Waals surface area (Å²) >= 11 is 0. The van der Waals surface area contributed by atoms with Gasteiger partial charge in [-0.1, -0.05) is 6.07 Å². The average Bonchev–Trinajstić information content (AvgIpc) is 2.72. The van der Waals surface area contributed by atoms with E-state index in [9.17, 15) is 18.7 Å². The molecule has 0 aromatic heterocycles. The van der Waals surface area contributed by atoms with Crippen LogP contribution in [-0.2, 0) is 4.79 Å². The summed E-state index contributed by atoms with van der Waals surface area (Å²) in [6.45, 7) is 5.51. The fourth-order valence-corrected chi connectivity index (χ4v) is 3.66. The number of anilines is 2. The molecule has 0 saturated carbocycles. The molecule has 1 unspecified atom stereocenters. The molecule has 1 saturated heterocycles. The maximum atomic E-state index is 13.4. The van der Waals surface area contributed by atoms with Gasteiger partial charge in [0.1, 0.15) is 18.5 Å². The molecule has 1 amide bonds. The van der Waals surface area contributed by atoms with Crippen molar-refractivity contribution in [2.75, 3.05) is 36.9 Å². The Morgan fingerprint density at radius 3 is 2.61 bits per heavy atom. The topological polar surface area (TPSA) is 73.8 Å². The number of halogens is 2. The van der Waals surface area contributed by atoms with Gasteiger partial charge in [0.05, 0.1) is 5.69 Å². The summed E-state index contributed by atoms with van der Waals surface area (Å²) in [5, 5.41) is 16.4. The van der Waals surface area contributed by atoms with Crippen molar-refractivity contribution in [1.29, 1.82) is 0 Å². The SMILES string of the molecule is CC(=O)Nc1ccc(C)cc1OCC(O)CN1CCC(Nc2ccc(F)c(F)c2)CC1. The number of aryl methyl sites for hydroxylation is 1. The highest BCUT2D eigenvalue weighted by molar-refractivity contribution is 5.90. The summed E-state index contributed by atoms with van der Waals surface area (Å²) in [4.78, 5) is 13.5. The van der Waals surface area contributed by atoms with Crippen molar-refractivity contribution in [2.45, 2.75) is 38.8 Å². The van der Waals surface area contributed by atoms with Gasteiger partial charge in [0.2, 0.25) is 5.91 Å². The summed E-state index contributed by atoms with van der Waals surface area (Å²) in [5.74, 6) is -1.37. The minimum absolute atomic E-state index is 0.114. The van der Waals surface area contributed by atoms with Gasteiger partial charge in [0.25, 0.3) is 0 Å². The minimum Gasteiger partial charge on any atom is -0.489 e. The monoisotopic (exact) mass is 433 g/mol. The van der Waals surface area contributed by atoms with Gasteiger partial charge in [-0.05, 0) is 49.6 Å². The highest BCUT2D eigenvalue weighted by Gasteiger charge is 2.22. The number of carbonyl (C=O) groups is 1. The number of piperidine rings is 1. The molecule has 1 aliphatic heterocycles. The molecule has 0 bridgehead atoms. The first kappa shape index (κ1) is 23.0. The van der Waals surface area contributed by atoms with E-state index in [1.165, 1.54) is 19.1 Å². The van der Waals surface area contributed by atoms with Crippen LogP contribution in [0.4, 0.5) is 20.2 Å². The van der Waals surface area contributed by atoms with Crippen LogP contribution in [-0.4, -0.2) is 54.3 Å². The molecule has 0 spiro atoms. The quantitative estimate of drug-likeness (QED) is 0.594. The predicted molar refractivity (Wildman–Crippen MR) is 116 cm³/mol. The van der Waals surface area contributed by atoms with Crippen LogP contribution in [0.15, 0.2) is 36.4 Å². The Morgan fingerprint density at radius 1 is 1.19 bits per heavy atom. The molecule has 0 aliphatic carbocycles. The number of aliphatic hydroxyl groups excluding tert-OH is 1. The zero-order valence-corrected chi connectivity index (χ0v) is 17.8. The first-order valence-electron chi connectivity index (χ1n) is 10.4. The largest absolute Gasteiger partial charge is 0.489 e. The van der Waals surface area contributed by atoms with E-state index in [2.05, 4.69) is 15.5 Å². The van der Waals surface area contributed by atoms with Crippen molar-refractivity contribution in [2.24, 2.45) is 0 Å². The van der Waals surface area contributed by atoms with Gasteiger partial charge in [-0.25, -0.2) is 8.78 Å². The number of nitrogens with zero attached hydrogens (tertiary/aromatic N) is 1. The number of β-amino-alcohol motifs (C(OH)–C–C–N with tert-alkyl or cyclic N) is 1. The molecule has 31 heavy (non-hydrogen) atoms. The first-order chi connectivity index (χ1) is 14.8. The lowest BCUT2D eigenvalue weighted by atomic mass is 10.0. The van der Waals surface area contributed by atoms with Gasteiger partial charge in [0, 0.05) is 44.4 Å². The lowest BCUT2D eigenvalue weighted by Crippen LogP contribution is -2.43. The fraction of sp³-hybridized carbons (Fsp3) is 0.435. The number of hydrogen-bond acceptors (Lipinski definition) is 5. The zero-order valence-electron chi connectivity index (χ0n) is 17.8. The molecule has 0 radical (unpaired) electrons. The molecule has 3 rings (SSSR count). The summed E-state index contributed by atoms with van der Waals surface area (Å²) in [7, 11) is 0. The van der Waals surface area contributed by atoms with Crippen molar-refractivity contribution in [3.8, 4) is 5.75 Å². The Morgan fingerprint density at radius 2 is 1.94 bits per heavy atom. The molecule has 168 valence electrons. The third-order valence-corrected chi connectivity index (χ3v) is 5.23. The number of rotatable bonds is 8. The lowest BCUT2D eigenvalue weighted by Gasteiger charge is -2.34. The number of amides is 1. The number of nitrogens with one attached hydrogen (secondary N) is 2. The number of carbonyl (C=O) groups excluding carboxylic acids is 1. The standard InChI is InChI=1S/C23H29F2N3O3/c1-15-3-6-22(26-16(2)29)23(11-15)31-14-19(30)13-28-9-7-17(8-10-28)27-18-4-5-20(24)21(25)12-18/h3-6,11-12,17,19,27,30H,7-10,13-14H2,1-2H3,(H,26,29). The lowest BCUT2D eigenvalue weighted by molar-refractivity contribution is -0.114. The minimum atomic E-state index is -0.860. The Labute approximate surface area is 181 Å². The molecule has 1 fully saturated rings. The Kier molecular flexibility index (Phi) is 7.81. The average molecular weight is 433 g/mol. The van der Waals surface area contributed by atoms with Crippen LogP contribution in [0.3, 0.4) is 0 Å². The number of hydrogen-bond donors (Lipinski definition) is 3. The smallest absolute Gasteiger partial charge is 0.221 e. The van der Waals surface area contributed by atoms with Crippen molar-refractivity contribution in [1.82, 2.24) is 4.90 Å². The van der Waals surface area contributed by atoms with Crippen molar-refractivity contribution >= 4 is 17.3 Å². The van der Waals surface area contributed by atoms with Crippen LogP contribution in [0.25, 0.3) is 0 Å². The van der Waals surface area contributed by atoms with Crippen molar-refractivity contribution < 1.29 is 23.4 Å². The highest BCUT2D eigenvalue weighted by atomic mass is 19.2. The summed E-state index contributed by atoms with van der Waals surface area (Å²) < 4.78 is 32.2. The molecule has 2 aromatic carbocycles. The second-order valence-electron chi connectivity index (χ2n) is 7.99. The molecule has 1 atom stereocenters. The maximum absolute atomic E-state index is 13.4. The number of aliphatic hydroxyl groups is 1. The Balaban J connectivity index is 1.44. The van der Waals surface area contributed by atoms with E-state index < -0.39 is 17.7 Å². The van der Waals surface area contributed by atoms with Gasteiger partial charge >= 0.3 is 0 Å². The molecule has 6 nitrogen and oxygen atoms in total. The third kappa shape index (κ3) is 6.90. The Bertz CT molecular complexity index is 902. The van der Waals surface area contributed by atoms with E-state index in [1.54, 1.807) is 6.07 Å². The van der Waals surface area contributed by atoms with Gasteiger partial charge < -0.3 is 25.4 Å². The van der Waals surface area contributed by atoms with Crippen LogP contribution in [0.1, 0.15) is 25.3 Å². The van der Waals surface area contributed by atoms with E-state index in [0.29, 0.717) is 23.7 Å². The maximum Gasteiger partial charge on any atom is 0.221 e. The molecular weight excluding hydrogens is 404 g/mol. The van der Waals surface area contributed by atoms with E-state index in [-0.39, 0.29) is 18.6 Å². The van der Waals surface area contributed by atoms with Crippen LogP contribution in [0.2, 0.25) is 0 Å². The van der Waals surface area contributed by atoms with Gasteiger partial charge in [-0.2, -0.15) is 0 Å². The number of ether oxygens (including phenoxy) is 1. The number of benzene rings is 2. The van der Waals surface area contributed by atoms with Crippen LogP contribution in [0, 0.1) is 18.6 Å². The highest BCUT2D eigenvalue weighted by Crippen LogP contribution is 2.26. The van der Waals surface area contributed by atoms with E-state index in [0.717, 1.165) is 37.6 Å². The molecule has 1 heterocycles. The number of likely N-dealkylation sites (tertiary alicyclic amines) is 1. The third-order valence-electron chi connectivity index (χ3n) is 5.23. The van der Waals surface area contributed by atoms with Gasteiger partial charge in [-0.3, -0.25) is 4.79 Å². The molecule has 3 N–H and O–H groups in total. The van der Waals surface area contributed by atoms with Crippen molar-refractivity contribution in [3.05, 3.63) is 53.6 Å². The van der Waals surface area contributed by atoms with Gasteiger partial charge in [0.15, 0.2) is 11.6 Å². The first-order valence-corrected chi connectivity index (χ1v) is 10.4. The van der Waals surface area contributed by atoms with Crippen LogP contribution < -0.4 is 15.4 Å². The van der Waals surface area contributed by atoms with Crippen LogP contribution >= 0.6 is 0 Å². The van der Waals surface area contributed by atoms with E-state index in [4.69, 9.17) is 4.74 Å². The summed E-state index contributed by atoms with van der Waals surface area (Å²) in [5.41, 5.74) is 2.14. The molecule has 8 heteroatoms. The van der Waals surface area contributed by atoms with Crippen LogP contribution in [0.5, 0.6) is 5.75 Å². The normalized spacial score (nSPS) is 16.0. The molecule has 2 aromatic rings. The van der Waals surface area contributed by atoms with E-state index in [1.807, 2.05) is 19.1 Å². The van der Waals surface area contributed by atoms with Crippen molar-refractivity contribution in [3.63, 3.8) is 0 Å². The summed E-state index contributed by atoms with van der Waals surface area (Å²) in [6, 6.07) is 9.48. The van der Waals surface area contributed by atoms with E-state index >= 15 is 0 Å². The summed E-state index contributed by atoms with van der Waals surface area (Å²) in [6.07, 6.45) is 0.982.